The van der Waals surface area contributed by atoms with Crippen molar-refractivity contribution in [1.29, 1.82) is 0 Å². The number of rotatable bonds is 2. The number of hydrogen-bond donors (Lipinski definition) is 0. The lowest BCUT2D eigenvalue weighted by molar-refractivity contribution is 1.13. The highest BCUT2D eigenvalue weighted by Crippen LogP contribution is 2.39. The number of nitrogens with zero attached hydrogens (tertiary/aromatic N) is 3. The average Bonchev–Trinajstić information content (AvgIpc) is 3.51. The molecule has 0 aliphatic heterocycles. The maximum absolute atomic E-state index is 4.63. The molecule has 0 aliphatic carbocycles. The molecule has 0 saturated heterocycles. The van der Waals surface area contributed by atoms with Gasteiger partial charge in [0.25, 0.3) is 0 Å². The van der Waals surface area contributed by atoms with Gasteiger partial charge in [0.2, 0.25) is 0 Å². The van der Waals surface area contributed by atoms with Gasteiger partial charge in [0.05, 0.1) is 28.4 Å². The number of hydrogen-bond acceptors (Lipinski definition) is 1. The highest BCUT2D eigenvalue weighted by atomic mass is 15.0. The predicted octanol–water partition coefficient (Wildman–Crippen LogP) is 8.43. The Balaban J connectivity index is 1.57. The second kappa shape index (κ2) is 7.30. The molecule has 0 amide bonds. The Hall–Kier alpha value is -4.89. The topological polar surface area (TPSA) is 22.8 Å². The van der Waals surface area contributed by atoms with E-state index in [1.807, 2.05) is 12.4 Å². The van der Waals surface area contributed by atoms with E-state index in [0.29, 0.717) is 0 Å². The first-order valence-corrected chi connectivity index (χ1v) is 12.2. The minimum Gasteiger partial charge on any atom is -0.317 e. The van der Waals surface area contributed by atoms with Gasteiger partial charge in [0.15, 0.2) is 0 Å². The summed E-state index contributed by atoms with van der Waals surface area (Å²) in [5, 5.41) is 8.55. The van der Waals surface area contributed by atoms with Gasteiger partial charge in [0.1, 0.15) is 0 Å². The van der Waals surface area contributed by atoms with Crippen LogP contribution >= 0.6 is 0 Å². The maximum Gasteiger partial charge on any atom is 0.0724 e. The normalized spacial score (nSPS) is 11.9. The maximum atomic E-state index is 4.63. The molecule has 0 bridgehead atoms. The van der Waals surface area contributed by atoms with Gasteiger partial charge in [-0.2, -0.15) is 0 Å². The summed E-state index contributed by atoms with van der Waals surface area (Å²) in [6, 6.07) is 39.1. The third-order valence-corrected chi connectivity index (χ3v) is 7.38. The predicted molar refractivity (Wildman–Crippen MR) is 150 cm³/mol. The largest absolute Gasteiger partial charge is 0.317 e. The quantitative estimate of drug-likeness (QED) is 0.254. The van der Waals surface area contributed by atoms with E-state index in [4.69, 9.17) is 0 Å². The lowest BCUT2D eigenvalue weighted by atomic mass is 10.0. The number of aromatic nitrogens is 3. The van der Waals surface area contributed by atoms with Gasteiger partial charge in [-0.05, 0) is 41.8 Å². The van der Waals surface area contributed by atoms with Crippen LogP contribution in [0.4, 0.5) is 0 Å². The van der Waals surface area contributed by atoms with E-state index >= 15 is 0 Å². The molecule has 8 aromatic rings. The van der Waals surface area contributed by atoms with E-state index in [1.165, 1.54) is 48.9 Å². The summed E-state index contributed by atoms with van der Waals surface area (Å²) < 4.78 is 4.68. The Bertz CT molecular complexity index is 2090. The summed E-state index contributed by atoms with van der Waals surface area (Å²) in [5.74, 6) is 0. The average molecular weight is 460 g/mol. The second-order valence-electron chi connectivity index (χ2n) is 9.35. The Morgan fingerprint density at radius 3 is 2.22 bits per heavy atom. The van der Waals surface area contributed by atoms with Crippen LogP contribution in [0.2, 0.25) is 0 Å². The first-order valence-electron chi connectivity index (χ1n) is 12.2. The van der Waals surface area contributed by atoms with E-state index in [0.717, 1.165) is 16.8 Å². The molecule has 0 radical (unpaired) electrons. The van der Waals surface area contributed by atoms with E-state index in [-0.39, 0.29) is 0 Å². The van der Waals surface area contributed by atoms with Crippen LogP contribution < -0.4 is 0 Å². The number of para-hydroxylation sites is 2. The monoisotopic (exact) mass is 459 g/mol. The van der Waals surface area contributed by atoms with Crippen LogP contribution in [0.25, 0.3) is 65.6 Å². The molecular weight excluding hydrogens is 438 g/mol. The molecule has 3 heteroatoms. The third-order valence-electron chi connectivity index (χ3n) is 7.38. The number of pyridine rings is 1. The first kappa shape index (κ1) is 19.4. The molecule has 3 heterocycles. The molecule has 0 unspecified atom stereocenters. The SMILES string of the molecule is c1ccc(-n2ccc3cc4ccc5c6ccccc6n(-c6cncc7ccccc67)c5c4cc32)cc1. The highest BCUT2D eigenvalue weighted by Gasteiger charge is 2.17. The molecule has 5 aromatic carbocycles. The lowest BCUT2D eigenvalue weighted by Gasteiger charge is -2.13. The van der Waals surface area contributed by atoms with Gasteiger partial charge < -0.3 is 9.13 Å². The van der Waals surface area contributed by atoms with Crippen molar-refractivity contribution < 1.29 is 0 Å². The van der Waals surface area contributed by atoms with Crippen LogP contribution in [0.15, 0.2) is 128 Å². The van der Waals surface area contributed by atoms with Crippen molar-refractivity contribution >= 4 is 54.3 Å². The zero-order valence-corrected chi connectivity index (χ0v) is 19.5. The van der Waals surface area contributed by atoms with E-state index < -0.39 is 0 Å². The summed E-state index contributed by atoms with van der Waals surface area (Å²) in [6.07, 6.45) is 6.11. The Labute approximate surface area is 207 Å². The van der Waals surface area contributed by atoms with Gasteiger partial charge in [-0.15, -0.1) is 0 Å². The summed E-state index contributed by atoms with van der Waals surface area (Å²) in [5.41, 5.74) is 5.88. The van der Waals surface area contributed by atoms with Crippen molar-refractivity contribution in [1.82, 2.24) is 14.1 Å². The van der Waals surface area contributed by atoms with E-state index in [1.54, 1.807) is 0 Å². The van der Waals surface area contributed by atoms with E-state index in [9.17, 15) is 0 Å². The van der Waals surface area contributed by atoms with Crippen LogP contribution in [-0.2, 0) is 0 Å². The van der Waals surface area contributed by atoms with Crippen LogP contribution in [0, 0.1) is 0 Å². The summed E-state index contributed by atoms with van der Waals surface area (Å²) in [7, 11) is 0. The van der Waals surface area contributed by atoms with Gasteiger partial charge in [0, 0.05) is 50.4 Å². The fraction of sp³-hybridized carbons (Fsp3) is 0. The molecular formula is C33H21N3. The van der Waals surface area contributed by atoms with Crippen LogP contribution in [0.3, 0.4) is 0 Å². The Morgan fingerprint density at radius 2 is 1.31 bits per heavy atom. The fourth-order valence-electron chi connectivity index (χ4n) is 5.76. The van der Waals surface area contributed by atoms with Gasteiger partial charge in [-0.1, -0.05) is 72.8 Å². The molecule has 36 heavy (non-hydrogen) atoms. The fourth-order valence-corrected chi connectivity index (χ4v) is 5.76. The molecule has 0 atom stereocenters. The summed E-state index contributed by atoms with van der Waals surface area (Å²) >= 11 is 0. The van der Waals surface area contributed by atoms with Gasteiger partial charge in [-0.25, -0.2) is 0 Å². The minimum absolute atomic E-state index is 1.10. The van der Waals surface area contributed by atoms with Crippen LogP contribution in [-0.4, -0.2) is 14.1 Å². The number of fused-ring (bicyclic) bond motifs is 7. The lowest BCUT2D eigenvalue weighted by Crippen LogP contribution is -1.97. The van der Waals surface area contributed by atoms with Crippen LogP contribution in [0.5, 0.6) is 0 Å². The highest BCUT2D eigenvalue weighted by molar-refractivity contribution is 6.20. The zero-order chi connectivity index (χ0) is 23.6. The van der Waals surface area contributed by atoms with Gasteiger partial charge in [-0.3, -0.25) is 4.98 Å². The van der Waals surface area contributed by atoms with Crippen molar-refractivity contribution in [2.75, 3.05) is 0 Å². The molecule has 3 aromatic heterocycles. The van der Waals surface area contributed by atoms with Crippen molar-refractivity contribution in [2.24, 2.45) is 0 Å². The minimum atomic E-state index is 1.10. The summed E-state index contributed by atoms with van der Waals surface area (Å²) in [6.45, 7) is 0. The first-order chi connectivity index (χ1) is 17.9. The van der Waals surface area contributed by atoms with Crippen molar-refractivity contribution in [3.05, 3.63) is 128 Å². The zero-order valence-electron chi connectivity index (χ0n) is 19.5. The molecule has 0 spiro atoms. The number of benzene rings is 5. The molecule has 0 saturated carbocycles. The molecule has 0 fully saturated rings. The molecule has 168 valence electrons. The van der Waals surface area contributed by atoms with Crippen molar-refractivity contribution in [2.45, 2.75) is 0 Å². The smallest absolute Gasteiger partial charge is 0.0724 e. The molecule has 0 N–H and O–H groups in total. The Kier molecular flexibility index (Phi) is 3.94. The van der Waals surface area contributed by atoms with Crippen molar-refractivity contribution in [3.63, 3.8) is 0 Å². The standard InChI is InChI=1S/C33H21N3/c1-2-9-25(10-3-1)35-17-16-23-18-22-14-15-28-27-12-6-7-13-30(27)36(33(28)29(22)19-31(23)35)32-21-34-20-24-8-4-5-11-26(24)32/h1-21H. The van der Waals surface area contributed by atoms with E-state index in [2.05, 4.69) is 130 Å². The summed E-state index contributed by atoms with van der Waals surface area (Å²) in [4.78, 5) is 4.63. The third kappa shape index (κ3) is 2.65. The van der Waals surface area contributed by atoms with Crippen LogP contribution in [0.1, 0.15) is 0 Å². The molecule has 3 nitrogen and oxygen atoms in total. The van der Waals surface area contributed by atoms with Crippen molar-refractivity contribution in [3.8, 4) is 11.4 Å². The molecule has 8 rings (SSSR count). The molecule has 0 aliphatic rings. The van der Waals surface area contributed by atoms with Gasteiger partial charge >= 0.3 is 0 Å². The second-order valence-corrected chi connectivity index (χ2v) is 9.35. The Morgan fingerprint density at radius 1 is 0.500 bits per heavy atom.